The first-order chi connectivity index (χ1) is 40.0. The summed E-state index contributed by atoms with van der Waals surface area (Å²) in [6.45, 7) is 26.0. The van der Waals surface area contributed by atoms with Gasteiger partial charge >= 0.3 is 29.5 Å². The van der Waals surface area contributed by atoms with Crippen molar-refractivity contribution in [3.63, 3.8) is 0 Å². The van der Waals surface area contributed by atoms with E-state index in [4.69, 9.17) is 0 Å². The Morgan fingerprint density at radius 1 is 0.464 bits per heavy atom. The summed E-state index contributed by atoms with van der Waals surface area (Å²) in [5, 5.41) is 9.48. The summed E-state index contributed by atoms with van der Waals surface area (Å²) in [7, 11) is 0. The Kier molecular flexibility index (Phi) is 20.9. The van der Waals surface area contributed by atoms with Crippen LogP contribution in [0.5, 0.6) is 0 Å². The van der Waals surface area contributed by atoms with Gasteiger partial charge in [-0.15, -0.1) is 0 Å². The number of H-pyrrole nitrogens is 3. The van der Waals surface area contributed by atoms with Crippen LogP contribution >= 0.6 is 0 Å². The number of para-hydroxylation sites is 6. The number of nitrogens with zero attached hydrogens (tertiary/aromatic N) is 6. The van der Waals surface area contributed by atoms with E-state index < -0.39 is 0 Å². The summed E-state index contributed by atoms with van der Waals surface area (Å²) in [4.78, 5) is 87.4. The molecule has 0 atom stereocenters. The third-order valence-corrected chi connectivity index (χ3v) is 14.4. The summed E-state index contributed by atoms with van der Waals surface area (Å²) in [6, 6.07) is 42.7. The van der Waals surface area contributed by atoms with E-state index in [-0.39, 0.29) is 77.0 Å². The van der Waals surface area contributed by atoms with E-state index in [0.717, 1.165) is 62.9 Å². The lowest BCUT2D eigenvalue weighted by Crippen LogP contribution is -2.43. The van der Waals surface area contributed by atoms with Crippen molar-refractivity contribution in [1.29, 1.82) is 0 Å². The average Bonchev–Trinajstić information content (AvgIpc) is 4.12. The minimum Gasteiger partial charge on any atom is -0.322 e. The van der Waals surface area contributed by atoms with Crippen molar-refractivity contribution in [2.45, 2.75) is 139 Å². The molecule has 0 saturated carbocycles. The highest BCUT2D eigenvalue weighted by atomic mass is 19.1. The first-order valence-corrected chi connectivity index (χ1v) is 28.6. The lowest BCUT2D eigenvalue weighted by Gasteiger charge is -2.32. The quantitative estimate of drug-likeness (QED) is 0.0945. The molecule has 0 radical (unpaired) electrons. The number of pyridine rings is 2. The number of halogens is 1. The molecule has 6 amide bonds. The smallest absolute Gasteiger partial charge is 0.322 e. The van der Waals surface area contributed by atoms with Crippen LogP contribution in [0.25, 0.3) is 33.1 Å². The number of amides is 6. The molecule has 5 aromatic carbocycles. The van der Waals surface area contributed by atoms with Gasteiger partial charge in [0.1, 0.15) is 5.82 Å². The molecule has 18 nitrogen and oxygen atoms in total. The fourth-order valence-electron chi connectivity index (χ4n) is 9.86. The Morgan fingerprint density at radius 2 is 0.964 bits per heavy atom. The van der Waals surface area contributed by atoms with Crippen molar-refractivity contribution in [3.05, 3.63) is 199 Å². The van der Waals surface area contributed by atoms with Crippen LogP contribution in [-0.4, -0.2) is 86.5 Å². The monoisotopic (exact) mass is 1140 g/mol. The molecule has 7 heterocycles. The number of imidazole rings is 2. The molecular weight excluding hydrogens is 1060 g/mol. The Bertz CT molecular complexity index is 3820. The lowest BCUT2D eigenvalue weighted by molar-refractivity contribution is 0.190. The number of carbonyl (C=O) groups is 3. The molecule has 0 bridgehead atoms. The van der Waals surface area contributed by atoms with Crippen molar-refractivity contribution in [2.24, 2.45) is 0 Å². The van der Waals surface area contributed by atoms with Crippen LogP contribution in [0.15, 0.2) is 154 Å². The van der Waals surface area contributed by atoms with Gasteiger partial charge in [0, 0.05) is 78.5 Å². The van der Waals surface area contributed by atoms with Gasteiger partial charge in [0.25, 0.3) is 5.56 Å². The molecule has 84 heavy (non-hydrogen) atoms. The van der Waals surface area contributed by atoms with E-state index in [9.17, 15) is 33.2 Å². The molecule has 19 heteroatoms. The average molecular weight is 1140 g/mol. The van der Waals surface area contributed by atoms with E-state index in [1.807, 2.05) is 208 Å². The molecule has 0 unspecified atom stereocenters. The number of hydrogen-bond acceptors (Lipinski definition) is 7. The van der Waals surface area contributed by atoms with Gasteiger partial charge in [-0.3, -0.25) is 18.9 Å². The Balaban J connectivity index is 0.000000145. The van der Waals surface area contributed by atoms with Gasteiger partial charge < -0.3 is 40.6 Å². The van der Waals surface area contributed by atoms with E-state index in [2.05, 4.69) is 42.0 Å². The normalized spacial score (nSPS) is 13.5. The van der Waals surface area contributed by atoms with Crippen molar-refractivity contribution in [2.75, 3.05) is 22.5 Å². The Hall–Kier alpha value is -9.26. The van der Waals surface area contributed by atoms with Gasteiger partial charge in [0.2, 0.25) is 0 Å². The summed E-state index contributed by atoms with van der Waals surface area (Å²) in [6.07, 6.45) is 2.59. The molecule has 9 aromatic rings. The number of nitrogens with one attached hydrogen (secondary N) is 6. The number of carbonyl (C=O) groups excluding carboxylic acids is 3. The van der Waals surface area contributed by atoms with Gasteiger partial charge in [-0.1, -0.05) is 92.7 Å². The second-order valence-electron chi connectivity index (χ2n) is 22.3. The van der Waals surface area contributed by atoms with Crippen LogP contribution in [0.1, 0.15) is 123 Å². The molecule has 4 aromatic heterocycles. The Labute approximate surface area is 489 Å². The summed E-state index contributed by atoms with van der Waals surface area (Å²) >= 11 is 0. The lowest BCUT2D eigenvalue weighted by atomic mass is 10.0. The standard InChI is InChI=1S/C12H16N2O.C12H13NO.C11H13FN2O.C11H14N2O.C10H12N2O.C9H11N3O/c1-9(2)14-8-7-10-5-3-4-6-11(10)13-12(14)15;1-8(2)10-7-9-5-3-4-6-11(9)13-12(10)14;1-7(2)14-6-8-4-3-5-9(12)10(8)13-11(14)15;1-8(2)13-7-9-5-3-4-6-10(9)12-11(13)14;1-7(2)12-9-6-4-3-5-8(9)11-10(12)13;1-6(2)12-7-4-3-5-10-8(7)11-9(12)13/h3-6,9H,7-8H2,1-2H3,(H,13,15);3-8H,1-2H3,(H,13,14);3-5,7H,6H2,1-2H3,(H,13,15);3-6,8H,7H2,1-2H3,(H,12,14);3-7H,1-2H3,(H,11,13);3-6H,1-2H3,(H,10,11,13). The number of fused-ring (bicyclic) bond motifs is 6. The minimum atomic E-state index is -0.371. The molecule has 6 N–H and O–H groups in total. The van der Waals surface area contributed by atoms with Crippen molar-refractivity contribution < 1.29 is 18.8 Å². The number of aromatic nitrogens is 6. The maximum absolute atomic E-state index is 13.3. The predicted octanol–water partition coefficient (Wildman–Crippen LogP) is 13.4. The van der Waals surface area contributed by atoms with Crippen LogP contribution in [-0.2, 0) is 19.5 Å². The molecule has 3 aliphatic heterocycles. The van der Waals surface area contributed by atoms with Crippen LogP contribution in [0.3, 0.4) is 0 Å². The number of rotatable bonds is 6. The van der Waals surface area contributed by atoms with E-state index >= 15 is 0 Å². The van der Waals surface area contributed by atoms with E-state index in [1.54, 1.807) is 26.3 Å². The fourth-order valence-corrected chi connectivity index (χ4v) is 9.86. The number of anilines is 3. The number of hydrogen-bond donors (Lipinski definition) is 6. The maximum Gasteiger partial charge on any atom is 0.327 e. The molecule has 0 fully saturated rings. The van der Waals surface area contributed by atoms with Gasteiger partial charge in [0.15, 0.2) is 5.65 Å². The van der Waals surface area contributed by atoms with Gasteiger partial charge in [0.05, 0.1) is 22.2 Å². The molecule has 0 saturated heterocycles. The predicted molar refractivity (Wildman–Crippen MR) is 336 cm³/mol. The highest BCUT2D eigenvalue weighted by Crippen LogP contribution is 2.28. The van der Waals surface area contributed by atoms with E-state index in [0.29, 0.717) is 24.4 Å². The SMILES string of the molecule is CC(C)N1CCc2ccccc2NC1=O.CC(C)N1Cc2cccc(F)c2NC1=O.CC(C)N1Cc2ccccc2NC1=O.CC(C)c1cc2ccccc2[nH]c1=O.CC(C)n1c(=O)[nH]c2ccccc21.CC(C)n1c(=O)[nH]c2ncccc21. The highest BCUT2D eigenvalue weighted by Gasteiger charge is 2.27. The summed E-state index contributed by atoms with van der Waals surface area (Å²) < 4.78 is 16.8. The van der Waals surface area contributed by atoms with Crippen molar-refractivity contribution in [1.82, 2.24) is 43.8 Å². The molecule has 12 rings (SSSR count). The van der Waals surface area contributed by atoms with Gasteiger partial charge in [-0.05, 0) is 158 Å². The molecule has 0 aliphatic carbocycles. The molecule has 3 aliphatic rings. The number of aromatic amines is 3. The third kappa shape index (κ3) is 15.2. The van der Waals surface area contributed by atoms with E-state index in [1.165, 1.54) is 17.2 Å². The summed E-state index contributed by atoms with van der Waals surface area (Å²) in [5.74, 6) is -0.104. The van der Waals surface area contributed by atoms with Gasteiger partial charge in [-0.25, -0.2) is 33.3 Å². The fraction of sp³-hybridized carbons (Fsp3) is 0.338. The zero-order chi connectivity index (χ0) is 60.9. The first kappa shape index (κ1) is 62.3. The first-order valence-electron chi connectivity index (χ1n) is 28.6. The summed E-state index contributed by atoms with van der Waals surface area (Å²) in [5.41, 5.74) is 10.5. The minimum absolute atomic E-state index is 0.00120. The zero-order valence-corrected chi connectivity index (χ0v) is 50.1. The largest absolute Gasteiger partial charge is 0.327 e. The third-order valence-electron chi connectivity index (χ3n) is 14.4. The molecule has 0 spiro atoms. The van der Waals surface area contributed by atoms with Crippen molar-refractivity contribution >= 4 is 68.3 Å². The molecular formula is C65H79FN12O6. The number of benzene rings is 5. The molecule has 442 valence electrons. The second-order valence-corrected chi connectivity index (χ2v) is 22.3. The van der Waals surface area contributed by atoms with Crippen LogP contribution < -0.4 is 32.9 Å². The van der Waals surface area contributed by atoms with Gasteiger partial charge in [-0.2, -0.15) is 0 Å². The van der Waals surface area contributed by atoms with Crippen LogP contribution in [0.2, 0.25) is 0 Å². The highest BCUT2D eigenvalue weighted by molar-refractivity contribution is 5.93. The van der Waals surface area contributed by atoms with Crippen LogP contribution in [0, 0.1) is 5.82 Å². The second kappa shape index (κ2) is 28.1. The topological polar surface area (TPSA) is 218 Å². The van der Waals surface area contributed by atoms with Crippen LogP contribution in [0.4, 0.5) is 35.8 Å². The Morgan fingerprint density at radius 3 is 1.60 bits per heavy atom. The maximum atomic E-state index is 13.3. The zero-order valence-electron chi connectivity index (χ0n) is 50.1. The van der Waals surface area contributed by atoms with Crippen molar-refractivity contribution in [3.8, 4) is 0 Å². The number of urea groups is 3.